The third kappa shape index (κ3) is 3.06. The molecule has 0 saturated carbocycles. The Bertz CT molecular complexity index is 654. The van der Waals surface area contributed by atoms with Crippen molar-refractivity contribution in [2.75, 3.05) is 7.11 Å². The lowest BCUT2D eigenvalue weighted by Gasteiger charge is -2.07. The molecule has 0 aliphatic carbocycles. The number of nitrogens with zero attached hydrogens (tertiary/aromatic N) is 2. The number of benzene rings is 1. The molecule has 2 rings (SSSR count). The Morgan fingerprint density at radius 1 is 1.30 bits per heavy atom. The highest BCUT2D eigenvalue weighted by molar-refractivity contribution is 5.91. The Balaban J connectivity index is 2.44. The first kappa shape index (κ1) is 13.9. The molecular weight excluding hydrogens is 259 g/mol. The third-order valence-corrected chi connectivity index (χ3v) is 2.83. The summed E-state index contributed by atoms with van der Waals surface area (Å²) in [6, 6.07) is 4.62. The summed E-state index contributed by atoms with van der Waals surface area (Å²) >= 11 is 0. The molecule has 2 aromatic rings. The van der Waals surface area contributed by atoms with Gasteiger partial charge < -0.3 is 4.74 Å². The fraction of sp³-hybridized carbons (Fsp3) is 0.133. The molecule has 0 atom stereocenters. The second kappa shape index (κ2) is 6.06. The van der Waals surface area contributed by atoms with Gasteiger partial charge in [-0.05, 0) is 30.2 Å². The van der Waals surface area contributed by atoms with Crippen molar-refractivity contribution in [2.45, 2.75) is 6.92 Å². The van der Waals surface area contributed by atoms with Crippen molar-refractivity contribution in [2.24, 2.45) is 0 Å². The van der Waals surface area contributed by atoms with Crippen LogP contribution in [0.1, 0.15) is 12.5 Å². The van der Waals surface area contributed by atoms with Crippen LogP contribution in [0.3, 0.4) is 0 Å². The van der Waals surface area contributed by atoms with Crippen molar-refractivity contribution in [3.8, 4) is 11.1 Å². The van der Waals surface area contributed by atoms with Gasteiger partial charge in [-0.2, -0.15) is 0 Å². The van der Waals surface area contributed by atoms with Gasteiger partial charge in [0.1, 0.15) is 12.1 Å². The van der Waals surface area contributed by atoms with Gasteiger partial charge in [-0.15, -0.1) is 0 Å². The smallest absolute Gasteiger partial charge is 0.330 e. The molecule has 4 nitrogen and oxygen atoms in total. The molecule has 0 radical (unpaired) electrons. The number of ether oxygens (including phenoxy) is 1. The van der Waals surface area contributed by atoms with Crippen LogP contribution < -0.4 is 0 Å². The van der Waals surface area contributed by atoms with Crippen molar-refractivity contribution >= 4 is 11.5 Å². The second-order valence-electron chi connectivity index (χ2n) is 4.17. The van der Waals surface area contributed by atoms with Gasteiger partial charge in [0.2, 0.25) is 0 Å². The van der Waals surface area contributed by atoms with Crippen LogP contribution in [-0.2, 0) is 9.53 Å². The zero-order valence-corrected chi connectivity index (χ0v) is 11.1. The van der Waals surface area contributed by atoms with Crippen molar-refractivity contribution < 1.29 is 13.9 Å². The van der Waals surface area contributed by atoms with E-state index in [1.54, 1.807) is 19.1 Å². The lowest BCUT2D eigenvalue weighted by molar-refractivity contribution is -0.134. The molecule has 0 aliphatic heterocycles. The van der Waals surface area contributed by atoms with Crippen LogP contribution in [0.15, 0.2) is 43.0 Å². The molecule has 0 unspecified atom stereocenters. The third-order valence-electron chi connectivity index (χ3n) is 2.83. The number of hydrogen-bond donors (Lipinski definition) is 0. The summed E-state index contributed by atoms with van der Waals surface area (Å²) in [6.45, 7) is 1.76. The monoisotopic (exact) mass is 272 g/mol. The van der Waals surface area contributed by atoms with E-state index in [9.17, 15) is 9.18 Å². The minimum absolute atomic E-state index is 0.366. The van der Waals surface area contributed by atoms with E-state index in [1.165, 1.54) is 38.0 Å². The Labute approximate surface area is 116 Å². The van der Waals surface area contributed by atoms with Crippen LogP contribution in [-0.4, -0.2) is 23.0 Å². The standard InChI is InChI=1S/C15H13FN2O2/c1-10(5-15(19)20-2)11-3-4-14(16)13(6-11)12-7-17-9-18-8-12/h3-9H,1-2H3/b10-5+. The van der Waals surface area contributed by atoms with Gasteiger partial charge in [-0.1, -0.05) is 6.07 Å². The first-order valence-electron chi connectivity index (χ1n) is 5.93. The van der Waals surface area contributed by atoms with Crippen LogP contribution >= 0.6 is 0 Å². The van der Waals surface area contributed by atoms with E-state index in [-0.39, 0.29) is 5.82 Å². The minimum atomic E-state index is -0.448. The normalized spacial score (nSPS) is 11.2. The zero-order valence-electron chi connectivity index (χ0n) is 11.1. The van der Waals surface area contributed by atoms with E-state index >= 15 is 0 Å². The van der Waals surface area contributed by atoms with Crippen LogP contribution in [0.5, 0.6) is 0 Å². The summed E-state index contributed by atoms with van der Waals surface area (Å²) in [5, 5.41) is 0. The number of esters is 1. The fourth-order valence-corrected chi connectivity index (χ4v) is 1.75. The number of methoxy groups -OCH3 is 1. The Morgan fingerprint density at radius 3 is 2.65 bits per heavy atom. The summed E-state index contributed by atoms with van der Waals surface area (Å²) in [4.78, 5) is 19.0. The second-order valence-corrected chi connectivity index (χ2v) is 4.17. The van der Waals surface area contributed by atoms with Crippen LogP contribution in [0.4, 0.5) is 4.39 Å². The number of carbonyl (C=O) groups is 1. The highest BCUT2D eigenvalue weighted by Gasteiger charge is 2.08. The van der Waals surface area contributed by atoms with Gasteiger partial charge >= 0.3 is 5.97 Å². The summed E-state index contributed by atoms with van der Waals surface area (Å²) in [5.41, 5.74) is 2.39. The molecule has 0 fully saturated rings. The first-order valence-corrected chi connectivity index (χ1v) is 5.93. The molecule has 0 aliphatic rings. The van der Waals surface area contributed by atoms with Gasteiger partial charge in [0.25, 0.3) is 0 Å². The average molecular weight is 272 g/mol. The van der Waals surface area contributed by atoms with Crippen molar-refractivity contribution in [3.05, 3.63) is 54.4 Å². The first-order chi connectivity index (χ1) is 9.61. The average Bonchev–Trinajstić information content (AvgIpc) is 2.48. The molecule has 0 bridgehead atoms. The van der Waals surface area contributed by atoms with Gasteiger partial charge in [-0.3, -0.25) is 0 Å². The molecule has 0 amide bonds. The maximum atomic E-state index is 13.9. The highest BCUT2D eigenvalue weighted by Crippen LogP contribution is 2.25. The SMILES string of the molecule is COC(=O)/C=C(\C)c1ccc(F)c(-c2cncnc2)c1. The van der Waals surface area contributed by atoms with E-state index in [0.717, 1.165) is 5.56 Å². The van der Waals surface area contributed by atoms with E-state index < -0.39 is 5.97 Å². The predicted octanol–water partition coefficient (Wildman–Crippen LogP) is 2.86. The lowest BCUT2D eigenvalue weighted by atomic mass is 10.0. The van der Waals surface area contributed by atoms with E-state index in [2.05, 4.69) is 14.7 Å². The molecule has 20 heavy (non-hydrogen) atoms. The van der Waals surface area contributed by atoms with Gasteiger partial charge in [0.15, 0.2) is 0 Å². The number of aromatic nitrogens is 2. The van der Waals surface area contributed by atoms with Crippen molar-refractivity contribution in [3.63, 3.8) is 0 Å². The maximum absolute atomic E-state index is 13.9. The Kier molecular flexibility index (Phi) is 4.20. The molecule has 0 saturated heterocycles. The molecule has 1 aromatic carbocycles. The summed E-state index contributed by atoms with van der Waals surface area (Å²) < 4.78 is 18.5. The fourth-order valence-electron chi connectivity index (χ4n) is 1.75. The summed E-state index contributed by atoms with van der Waals surface area (Å²) in [5.74, 6) is -0.814. The lowest BCUT2D eigenvalue weighted by Crippen LogP contribution is -1.96. The number of rotatable bonds is 3. The van der Waals surface area contributed by atoms with Gasteiger partial charge in [0.05, 0.1) is 7.11 Å². The topological polar surface area (TPSA) is 52.1 Å². The van der Waals surface area contributed by atoms with Crippen molar-refractivity contribution in [1.29, 1.82) is 0 Å². The van der Waals surface area contributed by atoms with E-state index in [1.807, 2.05) is 0 Å². The largest absolute Gasteiger partial charge is 0.466 e. The molecule has 0 spiro atoms. The minimum Gasteiger partial charge on any atom is -0.466 e. The molecule has 5 heteroatoms. The zero-order chi connectivity index (χ0) is 14.5. The van der Waals surface area contributed by atoms with E-state index in [4.69, 9.17) is 0 Å². The number of halogens is 1. The van der Waals surface area contributed by atoms with Gasteiger partial charge in [-0.25, -0.2) is 19.2 Å². The summed E-state index contributed by atoms with van der Waals surface area (Å²) in [6.07, 6.45) is 5.81. The molecule has 0 N–H and O–H groups in total. The Hall–Kier alpha value is -2.56. The van der Waals surface area contributed by atoms with Crippen LogP contribution in [0.25, 0.3) is 16.7 Å². The van der Waals surface area contributed by atoms with E-state index in [0.29, 0.717) is 16.7 Å². The quantitative estimate of drug-likeness (QED) is 0.637. The molecular formula is C15H13FN2O2. The predicted molar refractivity (Wildman–Crippen MR) is 73.1 cm³/mol. The van der Waals surface area contributed by atoms with Gasteiger partial charge in [0, 0.05) is 29.6 Å². The molecule has 102 valence electrons. The number of allylic oxidation sites excluding steroid dienone is 1. The van der Waals surface area contributed by atoms with Crippen molar-refractivity contribution in [1.82, 2.24) is 9.97 Å². The molecule has 1 heterocycles. The Morgan fingerprint density at radius 2 is 2.00 bits per heavy atom. The van der Waals surface area contributed by atoms with Crippen LogP contribution in [0, 0.1) is 5.82 Å². The number of hydrogen-bond acceptors (Lipinski definition) is 4. The van der Waals surface area contributed by atoms with Crippen LogP contribution in [0.2, 0.25) is 0 Å². The maximum Gasteiger partial charge on any atom is 0.330 e. The number of carbonyl (C=O) groups excluding carboxylic acids is 1. The molecule has 1 aromatic heterocycles. The summed E-state index contributed by atoms with van der Waals surface area (Å²) in [7, 11) is 1.31. The highest BCUT2D eigenvalue weighted by atomic mass is 19.1.